The van der Waals surface area contributed by atoms with Crippen LogP contribution in [0, 0.1) is 0 Å². The Hall–Kier alpha value is -1.06. The van der Waals surface area contributed by atoms with E-state index in [-0.39, 0.29) is 0 Å². The van der Waals surface area contributed by atoms with Crippen molar-refractivity contribution in [2.45, 2.75) is 25.7 Å². The van der Waals surface area contributed by atoms with Crippen LogP contribution in [0.1, 0.15) is 30.4 Å². The van der Waals surface area contributed by atoms with Gasteiger partial charge in [0.15, 0.2) is 0 Å². The summed E-state index contributed by atoms with van der Waals surface area (Å²) in [6.07, 6.45) is 2.23. The maximum Gasteiger partial charge on any atom is 0.217 e. The molecule has 3 rings (SSSR count). The van der Waals surface area contributed by atoms with Crippen molar-refractivity contribution in [1.82, 2.24) is 4.98 Å². The van der Waals surface area contributed by atoms with Crippen LogP contribution in [-0.4, -0.2) is 12.1 Å². The van der Waals surface area contributed by atoms with E-state index < -0.39 is 0 Å². The predicted molar refractivity (Wildman–Crippen MR) is 85.7 cm³/mol. The standard InChI is InChI=1S/C16H15BrClNO/c1-9-6-7-10-8-13(19-16(20-2)14(9)10)11-4-3-5-12(17)15(11)18/h3-5,8-9H,6-7H2,1-2H3/t9-/m0/s1. The summed E-state index contributed by atoms with van der Waals surface area (Å²) in [5.74, 6) is 1.25. The molecule has 1 atom stereocenters. The molecule has 0 amide bonds. The van der Waals surface area contributed by atoms with Crippen molar-refractivity contribution in [3.63, 3.8) is 0 Å². The number of benzene rings is 1. The van der Waals surface area contributed by atoms with E-state index in [4.69, 9.17) is 16.3 Å². The Morgan fingerprint density at radius 3 is 2.95 bits per heavy atom. The molecule has 1 heterocycles. The lowest BCUT2D eigenvalue weighted by atomic mass is 10.0. The largest absolute Gasteiger partial charge is 0.481 e. The van der Waals surface area contributed by atoms with Crippen LogP contribution >= 0.6 is 27.5 Å². The van der Waals surface area contributed by atoms with Crippen molar-refractivity contribution >= 4 is 27.5 Å². The molecule has 0 spiro atoms. The summed E-state index contributed by atoms with van der Waals surface area (Å²) in [6.45, 7) is 2.22. The van der Waals surface area contributed by atoms with E-state index in [0.29, 0.717) is 10.9 Å². The van der Waals surface area contributed by atoms with Crippen molar-refractivity contribution < 1.29 is 4.74 Å². The number of rotatable bonds is 2. The van der Waals surface area contributed by atoms with Crippen LogP contribution in [0.3, 0.4) is 0 Å². The molecule has 0 saturated heterocycles. The van der Waals surface area contributed by atoms with Gasteiger partial charge in [-0.1, -0.05) is 30.7 Å². The quantitative estimate of drug-likeness (QED) is 0.739. The van der Waals surface area contributed by atoms with E-state index >= 15 is 0 Å². The Morgan fingerprint density at radius 1 is 1.40 bits per heavy atom. The minimum atomic E-state index is 0.513. The summed E-state index contributed by atoms with van der Waals surface area (Å²) in [5, 5.41) is 0.688. The number of nitrogens with zero attached hydrogens (tertiary/aromatic N) is 1. The molecule has 0 aliphatic heterocycles. The fourth-order valence-corrected chi connectivity index (χ4v) is 3.42. The molecule has 1 aliphatic rings. The topological polar surface area (TPSA) is 22.1 Å². The number of aromatic nitrogens is 1. The Morgan fingerprint density at radius 2 is 2.20 bits per heavy atom. The highest BCUT2D eigenvalue weighted by atomic mass is 79.9. The second-order valence-corrected chi connectivity index (χ2v) is 6.36. The number of methoxy groups -OCH3 is 1. The number of hydrogen-bond acceptors (Lipinski definition) is 2. The average molecular weight is 353 g/mol. The zero-order chi connectivity index (χ0) is 14.3. The van der Waals surface area contributed by atoms with E-state index in [1.807, 2.05) is 18.2 Å². The van der Waals surface area contributed by atoms with Gasteiger partial charge in [0.25, 0.3) is 0 Å². The minimum Gasteiger partial charge on any atom is -0.481 e. The molecule has 20 heavy (non-hydrogen) atoms. The molecule has 4 heteroatoms. The van der Waals surface area contributed by atoms with E-state index in [2.05, 4.69) is 33.9 Å². The molecular formula is C16H15BrClNO. The van der Waals surface area contributed by atoms with Gasteiger partial charge in [-0.05, 0) is 52.4 Å². The molecule has 2 aromatic rings. The molecule has 0 radical (unpaired) electrons. The summed E-state index contributed by atoms with van der Waals surface area (Å²) in [6, 6.07) is 8.03. The third-order valence-corrected chi connectivity index (χ3v) is 5.17. The third kappa shape index (κ3) is 2.23. The monoisotopic (exact) mass is 351 g/mol. The van der Waals surface area contributed by atoms with Crippen molar-refractivity contribution in [3.05, 3.63) is 44.9 Å². The third-order valence-electron chi connectivity index (χ3n) is 3.87. The van der Waals surface area contributed by atoms with Crippen LogP contribution in [0.15, 0.2) is 28.7 Å². The zero-order valence-corrected chi connectivity index (χ0v) is 13.8. The van der Waals surface area contributed by atoms with Crippen LogP contribution in [0.5, 0.6) is 5.88 Å². The minimum absolute atomic E-state index is 0.513. The van der Waals surface area contributed by atoms with Gasteiger partial charge in [-0.25, -0.2) is 4.98 Å². The normalized spacial score (nSPS) is 17.1. The fourth-order valence-electron chi connectivity index (χ4n) is 2.83. The number of ether oxygens (including phenoxy) is 1. The molecule has 1 aromatic heterocycles. The van der Waals surface area contributed by atoms with E-state index in [0.717, 1.165) is 34.5 Å². The predicted octanol–water partition coefficient (Wildman–Crippen LogP) is 5.22. The summed E-state index contributed by atoms with van der Waals surface area (Å²) in [4.78, 5) is 4.66. The second-order valence-electron chi connectivity index (χ2n) is 5.13. The molecule has 0 unspecified atom stereocenters. The first-order valence-corrected chi connectivity index (χ1v) is 7.81. The van der Waals surface area contributed by atoms with Gasteiger partial charge in [-0.2, -0.15) is 0 Å². The Balaban J connectivity index is 2.19. The summed E-state index contributed by atoms with van der Waals surface area (Å²) < 4.78 is 6.37. The van der Waals surface area contributed by atoms with Gasteiger partial charge in [0, 0.05) is 15.6 Å². The number of fused-ring (bicyclic) bond motifs is 1. The van der Waals surface area contributed by atoms with Crippen LogP contribution < -0.4 is 4.74 Å². The zero-order valence-electron chi connectivity index (χ0n) is 11.4. The van der Waals surface area contributed by atoms with Gasteiger partial charge >= 0.3 is 0 Å². The molecule has 104 valence electrons. The molecule has 0 fully saturated rings. The van der Waals surface area contributed by atoms with Crippen molar-refractivity contribution in [1.29, 1.82) is 0 Å². The molecule has 0 bridgehead atoms. The van der Waals surface area contributed by atoms with Crippen molar-refractivity contribution in [2.75, 3.05) is 7.11 Å². The number of aryl methyl sites for hydroxylation is 1. The lowest BCUT2D eigenvalue weighted by molar-refractivity contribution is 0.391. The molecule has 1 aromatic carbocycles. The van der Waals surface area contributed by atoms with Crippen LogP contribution in [0.25, 0.3) is 11.3 Å². The number of halogens is 2. The lowest BCUT2D eigenvalue weighted by Gasteiger charge is -2.13. The van der Waals surface area contributed by atoms with Gasteiger partial charge in [0.2, 0.25) is 5.88 Å². The molecule has 0 saturated carbocycles. The molecule has 1 aliphatic carbocycles. The average Bonchev–Trinajstić information content (AvgIpc) is 2.82. The number of hydrogen-bond donors (Lipinski definition) is 0. The highest BCUT2D eigenvalue weighted by molar-refractivity contribution is 9.10. The summed E-state index contributed by atoms with van der Waals surface area (Å²) in [7, 11) is 1.68. The molecule has 0 N–H and O–H groups in total. The van der Waals surface area contributed by atoms with Gasteiger partial charge < -0.3 is 4.74 Å². The lowest BCUT2D eigenvalue weighted by Crippen LogP contribution is -1.99. The van der Waals surface area contributed by atoms with Crippen molar-refractivity contribution in [3.8, 4) is 17.1 Å². The van der Waals surface area contributed by atoms with Gasteiger partial charge in [-0.15, -0.1) is 0 Å². The van der Waals surface area contributed by atoms with Crippen LogP contribution in [-0.2, 0) is 6.42 Å². The fraction of sp³-hybridized carbons (Fsp3) is 0.312. The maximum absolute atomic E-state index is 6.38. The van der Waals surface area contributed by atoms with Gasteiger partial charge in [0.1, 0.15) is 0 Å². The molecule has 2 nitrogen and oxygen atoms in total. The first kappa shape index (κ1) is 13.9. The van der Waals surface area contributed by atoms with E-state index in [1.165, 1.54) is 11.1 Å². The summed E-state index contributed by atoms with van der Waals surface area (Å²) >= 11 is 9.84. The maximum atomic E-state index is 6.38. The van der Waals surface area contributed by atoms with E-state index in [1.54, 1.807) is 7.11 Å². The van der Waals surface area contributed by atoms with Gasteiger partial charge in [0.05, 0.1) is 17.8 Å². The highest BCUT2D eigenvalue weighted by Crippen LogP contribution is 2.41. The Bertz CT molecular complexity index is 672. The van der Waals surface area contributed by atoms with Crippen molar-refractivity contribution in [2.24, 2.45) is 0 Å². The first-order chi connectivity index (χ1) is 9.61. The Kier molecular flexibility index (Phi) is 3.74. The SMILES string of the molecule is COc1nc(-c2cccc(Br)c2Cl)cc2c1[C@@H](C)CC2. The second kappa shape index (κ2) is 5.38. The Labute approximate surface area is 132 Å². The van der Waals surface area contributed by atoms with Crippen LogP contribution in [0.4, 0.5) is 0 Å². The summed E-state index contributed by atoms with van der Waals surface area (Å²) in [5.41, 5.74) is 4.39. The smallest absolute Gasteiger partial charge is 0.217 e. The first-order valence-electron chi connectivity index (χ1n) is 6.64. The number of pyridine rings is 1. The van der Waals surface area contributed by atoms with E-state index in [9.17, 15) is 0 Å². The highest BCUT2D eigenvalue weighted by Gasteiger charge is 2.25. The molecular weight excluding hydrogens is 338 g/mol. The van der Waals surface area contributed by atoms with Crippen LogP contribution in [0.2, 0.25) is 5.02 Å². The van der Waals surface area contributed by atoms with Gasteiger partial charge in [-0.3, -0.25) is 0 Å².